The molecule has 2 rings (SSSR count). The highest BCUT2D eigenvalue weighted by molar-refractivity contribution is 7.11. The molecule has 0 bridgehead atoms. The average molecular weight is 240 g/mol. The molecule has 0 saturated heterocycles. The first-order chi connectivity index (χ1) is 7.65. The minimum absolute atomic E-state index is 0.332. The van der Waals surface area contributed by atoms with Gasteiger partial charge in [-0.25, -0.2) is 4.98 Å². The SMILES string of the molecule is Cc1nc(COC2CCCC(N)C2)sc1C. The third-order valence-corrected chi connectivity index (χ3v) is 4.23. The predicted octanol–water partition coefficient (Wildman–Crippen LogP) is 2.55. The number of aromatic nitrogens is 1. The van der Waals surface area contributed by atoms with Crippen molar-refractivity contribution in [2.24, 2.45) is 5.73 Å². The Labute approximate surface area is 101 Å². The molecular weight excluding hydrogens is 220 g/mol. The summed E-state index contributed by atoms with van der Waals surface area (Å²) < 4.78 is 5.88. The quantitative estimate of drug-likeness (QED) is 0.883. The Morgan fingerprint density at radius 2 is 2.25 bits per heavy atom. The van der Waals surface area contributed by atoms with Gasteiger partial charge in [0.05, 0.1) is 18.4 Å². The molecule has 0 amide bonds. The summed E-state index contributed by atoms with van der Waals surface area (Å²) >= 11 is 1.74. The lowest BCUT2D eigenvalue weighted by Crippen LogP contribution is -2.32. The summed E-state index contributed by atoms with van der Waals surface area (Å²) in [7, 11) is 0. The number of thiazole rings is 1. The molecule has 2 N–H and O–H groups in total. The highest BCUT2D eigenvalue weighted by Gasteiger charge is 2.20. The van der Waals surface area contributed by atoms with Crippen molar-refractivity contribution in [3.8, 4) is 0 Å². The first-order valence-electron chi connectivity index (χ1n) is 5.95. The molecule has 3 nitrogen and oxygen atoms in total. The summed E-state index contributed by atoms with van der Waals surface area (Å²) in [6.45, 7) is 4.80. The molecule has 1 aliphatic rings. The van der Waals surface area contributed by atoms with Crippen LogP contribution in [0.2, 0.25) is 0 Å². The lowest BCUT2D eigenvalue weighted by atomic mass is 9.94. The molecule has 0 aromatic carbocycles. The van der Waals surface area contributed by atoms with Crippen LogP contribution in [0.15, 0.2) is 0 Å². The molecule has 90 valence electrons. The van der Waals surface area contributed by atoms with Crippen molar-refractivity contribution in [2.75, 3.05) is 0 Å². The van der Waals surface area contributed by atoms with Crippen LogP contribution in [0.5, 0.6) is 0 Å². The third-order valence-electron chi connectivity index (χ3n) is 3.18. The van der Waals surface area contributed by atoms with E-state index in [0.29, 0.717) is 18.8 Å². The van der Waals surface area contributed by atoms with Crippen LogP contribution in [0.4, 0.5) is 0 Å². The zero-order valence-electron chi connectivity index (χ0n) is 10.0. The van der Waals surface area contributed by atoms with Gasteiger partial charge in [-0.15, -0.1) is 11.3 Å². The Balaban J connectivity index is 1.82. The summed E-state index contributed by atoms with van der Waals surface area (Å²) in [4.78, 5) is 5.77. The van der Waals surface area contributed by atoms with Crippen LogP contribution in [0.3, 0.4) is 0 Å². The van der Waals surface area contributed by atoms with Gasteiger partial charge >= 0.3 is 0 Å². The van der Waals surface area contributed by atoms with Gasteiger partial charge in [-0.2, -0.15) is 0 Å². The fourth-order valence-electron chi connectivity index (χ4n) is 2.12. The van der Waals surface area contributed by atoms with Gasteiger partial charge in [0.15, 0.2) is 0 Å². The molecule has 2 unspecified atom stereocenters. The molecule has 1 heterocycles. The minimum atomic E-state index is 0.332. The van der Waals surface area contributed by atoms with Gasteiger partial charge in [-0.3, -0.25) is 0 Å². The smallest absolute Gasteiger partial charge is 0.119 e. The van der Waals surface area contributed by atoms with Crippen molar-refractivity contribution in [3.63, 3.8) is 0 Å². The van der Waals surface area contributed by atoms with E-state index in [9.17, 15) is 0 Å². The van der Waals surface area contributed by atoms with E-state index in [0.717, 1.165) is 30.0 Å². The van der Waals surface area contributed by atoms with Crippen LogP contribution in [0.1, 0.15) is 41.3 Å². The van der Waals surface area contributed by atoms with Crippen molar-refractivity contribution >= 4 is 11.3 Å². The van der Waals surface area contributed by atoms with Gasteiger partial charge in [0.1, 0.15) is 5.01 Å². The second kappa shape index (κ2) is 5.25. The van der Waals surface area contributed by atoms with Crippen LogP contribution < -0.4 is 5.73 Å². The minimum Gasteiger partial charge on any atom is -0.371 e. The molecule has 0 aliphatic heterocycles. The molecule has 4 heteroatoms. The zero-order valence-corrected chi connectivity index (χ0v) is 10.8. The molecule has 0 spiro atoms. The maximum Gasteiger partial charge on any atom is 0.119 e. The Kier molecular flexibility index (Phi) is 3.95. The zero-order chi connectivity index (χ0) is 11.5. The van der Waals surface area contributed by atoms with E-state index in [-0.39, 0.29) is 0 Å². The van der Waals surface area contributed by atoms with Crippen LogP contribution in [-0.4, -0.2) is 17.1 Å². The van der Waals surface area contributed by atoms with Gasteiger partial charge in [0.2, 0.25) is 0 Å². The fourth-order valence-corrected chi connectivity index (χ4v) is 2.98. The van der Waals surface area contributed by atoms with E-state index in [2.05, 4.69) is 11.9 Å². The number of rotatable bonds is 3. The second-order valence-electron chi connectivity index (χ2n) is 4.61. The second-order valence-corrected chi connectivity index (χ2v) is 5.90. The van der Waals surface area contributed by atoms with Crippen molar-refractivity contribution in [1.29, 1.82) is 0 Å². The summed E-state index contributed by atoms with van der Waals surface area (Å²) in [6, 6.07) is 0.332. The van der Waals surface area contributed by atoms with Gasteiger partial charge in [-0.05, 0) is 39.5 Å². The molecule has 1 fully saturated rings. The van der Waals surface area contributed by atoms with E-state index in [1.807, 2.05) is 6.92 Å². The number of nitrogens with two attached hydrogens (primary N) is 1. The molecular formula is C12H20N2OS. The predicted molar refractivity (Wildman–Crippen MR) is 66.6 cm³/mol. The normalized spacial score (nSPS) is 25.9. The first-order valence-corrected chi connectivity index (χ1v) is 6.77. The number of aryl methyl sites for hydroxylation is 2. The Morgan fingerprint density at radius 3 is 2.88 bits per heavy atom. The van der Waals surface area contributed by atoms with Crippen LogP contribution in [-0.2, 0) is 11.3 Å². The molecule has 2 atom stereocenters. The van der Waals surface area contributed by atoms with Crippen LogP contribution in [0.25, 0.3) is 0 Å². The number of hydrogen-bond donors (Lipinski definition) is 1. The monoisotopic (exact) mass is 240 g/mol. The highest BCUT2D eigenvalue weighted by Crippen LogP contribution is 2.23. The lowest BCUT2D eigenvalue weighted by molar-refractivity contribution is 0.0121. The Hall–Kier alpha value is -0.450. The summed E-state index contributed by atoms with van der Waals surface area (Å²) in [6.07, 6.45) is 4.84. The first kappa shape index (κ1) is 12.0. The Morgan fingerprint density at radius 1 is 1.44 bits per heavy atom. The van der Waals surface area contributed by atoms with E-state index in [1.54, 1.807) is 11.3 Å². The number of ether oxygens (including phenoxy) is 1. The molecule has 0 radical (unpaired) electrons. The van der Waals surface area contributed by atoms with E-state index < -0.39 is 0 Å². The summed E-state index contributed by atoms with van der Waals surface area (Å²) in [5.41, 5.74) is 7.06. The molecule has 1 aliphatic carbocycles. The third kappa shape index (κ3) is 3.03. The maximum absolute atomic E-state index is 5.93. The standard InChI is InChI=1S/C12H20N2OS/c1-8-9(2)16-12(14-8)7-15-11-5-3-4-10(13)6-11/h10-11H,3-7,13H2,1-2H3. The number of nitrogens with zero attached hydrogens (tertiary/aromatic N) is 1. The van der Waals surface area contributed by atoms with Crippen molar-refractivity contribution in [1.82, 2.24) is 4.98 Å². The van der Waals surface area contributed by atoms with Crippen molar-refractivity contribution < 1.29 is 4.74 Å². The lowest BCUT2D eigenvalue weighted by Gasteiger charge is -2.26. The largest absolute Gasteiger partial charge is 0.371 e. The van der Waals surface area contributed by atoms with Crippen LogP contribution in [0, 0.1) is 13.8 Å². The fraction of sp³-hybridized carbons (Fsp3) is 0.750. The summed E-state index contributed by atoms with van der Waals surface area (Å²) in [5.74, 6) is 0. The van der Waals surface area contributed by atoms with Crippen LogP contribution >= 0.6 is 11.3 Å². The topological polar surface area (TPSA) is 48.1 Å². The van der Waals surface area contributed by atoms with Gasteiger partial charge in [-0.1, -0.05) is 0 Å². The van der Waals surface area contributed by atoms with Gasteiger partial charge in [0, 0.05) is 10.9 Å². The number of hydrogen-bond acceptors (Lipinski definition) is 4. The molecule has 1 saturated carbocycles. The molecule has 16 heavy (non-hydrogen) atoms. The molecule has 1 aromatic heterocycles. The summed E-state index contributed by atoms with van der Waals surface area (Å²) in [5, 5.41) is 1.09. The van der Waals surface area contributed by atoms with E-state index in [1.165, 1.54) is 11.3 Å². The van der Waals surface area contributed by atoms with Crippen molar-refractivity contribution in [2.45, 2.75) is 58.3 Å². The Bertz CT molecular complexity index is 331. The van der Waals surface area contributed by atoms with Crippen molar-refractivity contribution in [3.05, 3.63) is 15.6 Å². The molecule has 1 aromatic rings. The van der Waals surface area contributed by atoms with Gasteiger partial charge < -0.3 is 10.5 Å². The highest BCUT2D eigenvalue weighted by atomic mass is 32.1. The van der Waals surface area contributed by atoms with Gasteiger partial charge in [0.25, 0.3) is 0 Å². The van der Waals surface area contributed by atoms with E-state index >= 15 is 0 Å². The maximum atomic E-state index is 5.93. The average Bonchev–Trinajstić information content (AvgIpc) is 2.56. The van der Waals surface area contributed by atoms with E-state index in [4.69, 9.17) is 10.5 Å².